The fourth-order valence-corrected chi connectivity index (χ4v) is 3.50. The minimum atomic E-state index is -0.401. The maximum atomic E-state index is 12.7. The van der Waals surface area contributed by atoms with Gasteiger partial charge in [0, 0.05) is 24.7 Å². The number of hydrogen-bond acceptors (Lipinski definition) is 4. The number of aryl methyl sites for hydroxylation is 1. The van der Waals surface area contributed by atoms with Crippen LogP contribution in [0.2, 0.25) is 0 Å². The van der Waals surface area contributed by atoms with Crippen LogP contribution in [0.4, 0.5) is 11.4 Å². The average molecular weight is 367 g/mol. The van der Waals surface area contributed by atoms with Gasteiger partial charge in [0.25, 0.3) is 11.6 Å². The second-order valence-electron chi connectivity index (χ2n) is 7.00. The molecule has 3 rings (SSSR count). The summed E-state index contributed by atoms with van der Waals surface area (Å²) in [5.41, 5.74) is 3.09. The lowest BCUT2D eigenvalue weighted by Crippen LogP contribution is -2.28. The average Bonchev–Trinajstić information content (AvgIpc) is 3.20. The van der Waals surface area contributed by atoms with Gasteiger partial charge in [-0.1, -0.05) is 36.8 Å². The van der Waals surface area contributed by atoms with Crippen LogP contribution in [-0.2, 0) is 0 Å². The maximum absolute atomic E-state index is 12.7. The van der Waals surface area contributed by atoms with Crippen molar-refractivity contribution in [2.45, 2.75) is 39.2 Å². The summed E-state index contributed by atoms with van der Waals surface area (Å²) in [5.74, 6) is -0.293. The van der Waals surface area contributed by atoms with E-state index in [1.165, 1.54) is 6.07 Å². The van der Waals surface area contributed by atoms with Crippen LogP contribution in [0.1, 0.15) is 53.7 Å². The lowest BCUT2D eigenvalue weighted by molar-refractivity contribution is -0.384. The molecule has 6 heteroatoms. The van der Waals surface area contributed by atoms with Gasteiger partial charge in [0.15, 0.2) is 0 Å². The van der Waals surface area contributed by atoms with Crippen molar-refractivity contribution in [1.82, 2.24) is 5.32 Å². The molecule has 0 aliphatic carbocycles. The van der Waals surface area contributed by atoms with E-state index >= 15 is 0 Å². The molecule has 1 N–H and O–H groups in total. The summed E-state index contributed by atoms with van der Waals surface area (Å²) in [6, 6.07) is 12.7. The monoisotopic (exact) mass is 367 g/mol. The van der Waals surface area contributed by atoms with E-state index in [1.54, 1.807) is 12.1 Å². The summed E-state index contributed by atoms with van der Waals surface area (Å²) in [5, 5.41) is 14.5. The standard InChI is InChI=1S/C21H25N3O3/c1-3-18(16-8-6-15(2)7-9-16)22-21(25)17-10-11-19(20(14-17)24(26)27)23-12-4-5-13-23/h6-11,14,18H,3-5,12-13H2,1-2H3,(H,22,25). The van der Waals surface area contributed by atoms with Crippen LogP contribution in [0, 0.1) is 17.0 Å². The number of nitro benzene ring substituents is 1. The van der Waals surface area contributed by atoms with Gasteiger partial charge in [-0.25, -0.2) is 0 Å². The van der Waals surface area contributed by atoms with Crippen molar-refractivity contribution < 1.29 is 9.72 Å². The van der Waals surface area contributed by atoms with Crippen molar-refractivity contribution in [3.8, 4) is 0 Å². The van der Waals surface area contributed by atoms with E-state index in [0.717, 1.165) is 43.5 Å². The van der Waals surface area contributed by atoms with Crippen LogP contribution < -0.4 is 10.2 Å². The summed E-state index contributed by atoms with van der Waals surface area (Å²) < 4.78 is 0. The van der Waals surface area contributed by atoms with E-state index < -0.39 is 4.92 Å². The molecule has 1 aliphatic heterocycles. The second kappa shape index (κ2) is 8.20. The normalized spacial score (nSPS) is 14.8. The summed E-state index contributed by atoms with van der Waals surface area (Å²) in [6.07, 6.45) is 2.81. The molecule has 0 aromatic heterocycles. The van der Waals surface area contributed by atoms with Gasteiger partial charge in [0.2, 0.25) is 0 Å². The van der Waals surface area contributed by atoms with E-state index in [4.69, 9.17) is 0 Å². The molecular weight excluding hydrogens is 342 g/mol. The molecule has 1 fully saturated rings. The van der Waals surface area contributed by atoms with Crippen LogP contribution in [0.3, 0.4) is 0 Å². The highest BCUT2D eigenvalue weighted by Gasteiger charge is 2.24. The van der Waals surface area contributed by atoms with E-state index in [2.05, 4.69) is 5.32 Å². The molecule has 1 unspecified atom stereocenters. The summed E-state index contributed by atoms with van der Waals surface area (Å²) in [4.78, 5) is 25.9. The highest BCUT2D eigenvalue weighted by Crippen LogP contribution is 2.32. The highest BCUT2D eigenvalue weighted by atomic mass is 16.6. The molecule has 0 spiro atoms. The maximum Gasteiger partial charge on any atom is 0.293 e. The Labute approximate surface area is 159 Å². The first-order chi connectivity index (χ1) is 13.0. The number of benzene rings is 2. The topological polar surface area (TPSA) is 75.5 Å². The Morgan fingerprint density at radius 1 is 1.19 bits per heavy atom. The Kier molecular flexibility index (Phi) is 5.74. The Balaban J connectivity index is 1.82. The molecule has 27 heavy (non-hydrogen) atoms. The number of nitrogens with zero attached hydrogens (tertiary/aromatic N) is 2. The fourth-order valence-electron chi connectivity index (χ4n) is 3.50. The predicted molar refractivity (Wildman–Crippen MR) is 106 cm³/mol. The smallest absolute Gasteiger partial charge is 0.293 e. The summed E-state index contributed by atoms with van der Waals surface area (Å²) in [6.45, 7) is 5.66. The third-order valence-corrected chi connectivity index (χ3v) is 5.07. The Hall–Kier alpha value is -2.89. The molecule has 0 saturated carbocycles. The first kappa shape index (κ1) is 18.9. The van der Waals surface area contributed by atoms with Crippen LogP contribution >= 0.6 is 0 Å². The summed E-state index contributed by atoms with van der Waals surface area (Å²) >= 11 is 0. The Morgan fingerprint density at radius 2 is 1.85 bits per heavy atom. The molecule has 6 nitrogen and oxygen atoms in total. The predicted octanol–water partition coefficient (Wildman–Crippen LogP) is 4.38. The molecule has 1 atom stereocenters. The lowest BCUT2D eigenvalue weighted by atomic mass is 10.0. The third-order valence-electron chi connectivity index (χ3n) is 5.07. The highest BCUT2D eigenvalue weighted by molar-refractivity contribution is 5.96. The lowest BCUT2D eigenvalue weighted by Gasteiger charge is -2.19. The largest absolute Gasteiger partial charge is 0.366 e. The van der Waals surface area contributed by atoms with Crippen LogP contribution in [0.5, 0.6) is 0 Å². The van der Waals surface area contributed by atoms with Crippen LogP contribution in [-0.4, -0.2) is 23.9 Å². The zero-order chi connectivity index (χ0) is 19.4. The number of hydrogen-bond donors (Lipinski definition) is 1. The van der Waals surface area contributed by atoms with Gasteiger partial charge in [0.1, 0.15) is 5.69 Å². The first-order valence-electron chi connectivity index (χ1n) is 9.40. The number of nitro groups is 1. The van der Waals surface area contributed by atoms with E-state index in [0.29, 0.717) is 11.3 Å². The zero-order valence-corrected chi connectivity index (χ0v) is 15.8. The molecule has 2 aromatic carbocycles. The van der Waals surface area contributed by atoms with Gasteiger partial charge in [0.05, 0.1) is 11.0 Å². The third kappa shape index (κ3) is 4.27. The van der Waals surface area contributed by atoms with Crippen LogP contribution in [0.25, 0.3) is 0 Å². The molecular formula is C21H25N3O3. The van der Waals surface area contributed by atoms with E-state index in [-0.39, 0.29) is 17.6 Å². The number of carbonyl (C=O) groups excluding carboxylic acids is 1. The molecule has 0 bridgehead atoms. The molecule has 1 aliphatic rings. The number of amides is 1. The van der Waals surface area contributed by atoms with Gasteiger partial charge in [-0.2, -0.15) is 0 Å². The van der Waals surface area contributed by atoms with Crippen molar-refractivity contribution in [2.24, 2.45) is 0 Å². The molecule has 142 valence electrons. The molecule has 1 amide bonds. The van der Waals surface area contributed by atoms with Crippen molar-refractivity contribution in [1.29, 1.82) is 0 Å². The van der Waals surface area contributed by atoms with Crippen molar-refractivity contribution in [3.63, 3.8) is 0 Å². The van der Waals surface area contributed by atoms with Gasteiger partial charge in [-0.05, 0) is 43.9 Å². The van der Waals surface area contributed by atoms with Crippen LogP contribution in [0.15, 0.2) is 42.5 Å². The fraction of sp³-hybridized carbons (Fsp3) is 0.381. The Morgan fingerprint density at radius 3 is 2.44 bits per heavy atom. The van der Waals surface area contributed by atoms with E-state index in [1.807, 2.05) is 43.0 Å². The Bertz CT molecular complexity index is 827. The van der Waals surface area contributed by atoms with Gasteiger partial charge in [-0.3, -0.25) is 14.9 Å². The van der Waals surface area contributed by atoms with Gasteiger partial charge < -0.3 is 10.2 Å². The van der Waals surface area contributed by atoms with Crippen molar-refractivity contribution in [2.75, 3.05) is 18.0 Å². The molecule has 0 radical (unpaired) electrons. The summed E-state index contributed by atoms with van der Waals surface area (Å²) in [7, 11) is 0. The minimum Gasteiger partial charge on any atom is -0.366 e. The molecule has 2 aromatic rings. The second-order valence-corrected chi connectivity index (χ2v) is 7.00. The van der Waals surface area contributed by atoms with E-state index in [9.17, 15) is 14.9 Å². The quantitative estimate of drug-likeness (QED) is 0.607. The van der Waals surface area contributed by atoms with Gasteiger partial charge in [-0.15, -0.1) is 0 Å². The molecule has 1 heterocycles. The first-order valence-corrected chi connectivity index (χ1v) is 9.40. The number of carbonyl (C=O) groups is 1. The minimum absolute atomic E-state index is 0.00654. The zero-order valence-electron chi connectivity index (χ0n) is 15.8. The number of nitrogens with one attached hydrogen (secondary N) is 1. The number of anilines is 1. The number of rotatable bonds is 6. The van der Waals surface area contributed by atoms with Crippen molar-refractivity contribution >= 4 is 17.3 Å². The SMILES string of the molecule is CCC(NC(=O)c1ccc(N2CCCC2)c([N+](=O)[O-])c1)c1ccc(C)cc1. The van der Waals surface area contributed by atoms with Gasteiger partial charge >= 0.3 is 0 Å². The molecule has 1 saturated heterocycles. The van der Waals surface area contributed by atoms with Crippen molar-refractivity contribution in [3.05, 3.63) is 69.3 Å².